The van der Waals surface area contributed by atoms with Gasteiger partial charge in [-0.2, -0.15) is 0 Å². The summed E-state index contributed by atoms with van der Waals surface area (Å²) < 4.78 is 0. The van der Waals surface area contributed by atoms with Gasteiger partial charge in [0, 0.05) is 17.8 Å². The van der Waals surface area contributed by atoms with Gasteiger partial charge in [-0.15, -0.1) is 0 Å². The van der Waals surface area contributed by atoms with E-state index in [2.05, 4.69) is 22.9 Å². The summed E-state index contributed by atoms with van der Waals surface area (Å²) in [6.07, 6.45) is 5.50. The van der Waals surface area contributed by atoms with Crippen LogP contribution in [0.25, 0.3) is 0 Å². The Bertz CT molecular complexity index is 587. The van der Waals surface area contributed by atoms with Crippen LogP contribution in [0, 0.1) is 0 Å². The van der Waals surface area contributed by atoms with Crippen LogP contribution in [-0.2, 0) is 16.0 Å². The minimum Gasteiger partial charge on any atom is -0.350 e. The normalized spacial score (nSPS) is 27.0. The minimum absolute atomic E-state index is 0.0490. The number of hydrogen-bond donors (Lipinski definition) is 3. The fourth-order valence-corrected chi connectivity index (χ4v) is 3.61. The zero-order valence-corrected chi connectivity index (χ0v) is 13.6. The zero-order valence-electron chi connectivity index (χ0n) is 13.6. The van der Waals surface area contributed by atoms with Crippen molar-refractivity contribution in [3.8, 4) is 0 Å². The Morgan fingerprint density at radius 3 is 2.74 bits per heavy atom. The smallest absolute Gasteiger partial charge is 0.237 e. The standard InChI is InChI=1S/C18H25N3O2/c1-2-12-7-3-4-8-13(12)20-17(22)11-16-18(23)21-15-10-6-5-9-14(15)19-16/h3-4,7-8,14-16,19H,2,5-6,9-11H2,1H3,(H,20,22)(H,21,23)/t14-,15+,16+/m0/s1. The maximum absolute atomic E-state index is 12.3. The van der Waals surface area contributed by atoms with Crippen molar-refractivity contribution in [2.45, 2.75) is 63.6 Å². The topological polar surface area (TPSA) is 70.2 Å². The number of piperazine rings is 1. The van der Waals surface area contributed by atoms with Crippen molar-refractivity contribution in [2.75, 3.05) is 5.32 Å². The first-order valence-corrected chi connectivity index (χ1v) is 8.61. The van der Waals surface area contributed by atoms with Crippen LogP contribution in [0.5, 0.6) is 0 Å². The molecule has 3 atom stereocenters. The van der Waals surface area contributed by atoms with Gasteiger partial charge in [0.15, 0.2) is 0 Å². The zero-order chi connectivity index (χ0) is 16.2. The van der Waals surface area contributed by atoms with Gasteiger partial charge < -0.3 is 16.0 Å². The van der Waals surface area contributed by atoms with Gasteiger partial charge in [0.05, 0.1) is 12.5 Å². The molecule has 2 amide bonds. The van der Waals surface area contributed by atoms with E-state index >= 15 is 0 Å². The first kappa shape index (κ1) is 16.0. The van der Waals surface area contributed by atoms with Crippen LogP contribution in [0.2, 0.25) is 0 Å². The van der Waals surface area contributed by atoms with Crippen LogP contribution in [0.3, 0.4) is 0 Å². The maximum Gasteiger partial charge on any atom is 0.237 e. The lowest BCUT2D eigenvalue weighted by molar-refractivity contribution is -0.129. The molecule has 0 spiro atoms. The molecule has 5 nitrogen and oxygen atoms in total. The molecular weight excluding hydrogens is 290 g/mol. The molecule has 1 aliphatic heterocycles. The quantitative estimate of drug-likeness (QED) is 0.795. The molecule has 5 heteroatoms. The average Bonchev–Trinajstić information content (AvgIpc) is 2.56. The van der Waals surface area contributed by atoms with Crippen molar-refractivity contribution in [3.63, 3.8) is 0 Å². The first-order chi connectivity index (χ1) is 11.2. The predicted molar refractivity (Wildman–Crippen MR) is 90.2 cm³/mol. The molecule has 0 radical (unpaired) electrons. The third kappa shape index (κ3) is 3.72. The summed E-state index contributed by atoms with van der Waals surface area (Å²) in [5.74, 6) is -0.167. The van der Waals surface area contributed by atoms with Gasteiger partial charge in [-0.3, -0.25) is 9.59 Å². The van der Waals surface area contributed by atoms with E-state index in [1.165, 1.54) is 12.8 Å². The van der Waals surface area contributed by atoms with Crippen molar-refractivity contribution in [3.05, 3.63) is 29.8 Å². The fourth-order valence-electron chi connectivity index (χ4n) is 3.61. The van der Waals surface area contributed by atoms with E-state index in [0.717, 1.165) is 30.5 Å². The molecule has 124 valence electrons. The van der Waals surface area contributed by atoms with Gasteiger partial charge in [0.25, 0.3) is 0 Å². The summed E-state index contributed by atoms with van der Waals surface area (Å²) in [4.78, 5) is 24.5. The highest BCUT2D eigenvalue weighted by Gasteiger charge is 2.36. The summed E-state index contributed by atoms with van der Waals surface area (Å²) in [6, 6.07) is 7.90. The molecule has 1 saturated heterocycles. The van der Waals surface area contributed by atoms with Crippen molar-refractivity contribution in [1.29, 1.82) is 0 Å². The maximum atomic E-state index is 12.3. The lowest BCUT2D eigenvalue weighted by atomic mass is 9.87. The van der Waals surface area contributed by atoms with Gasteiger partial charge in [-0.05, 0) is 30.9 Å². The third-order valence-corrected chi connectivity index (χ3v) is 4.89. The number of nitrogens with one attached hydrogen (secondary N) is 3. The Morgan fingerprint density at radius 2 is 1.96 bits per heavy atom. The highest BCUT2D eigenvalue weighted by Crippen LogP contribution is 2.22. The Kier molecular flexibility index (Phi) is 4.96. The lowest BCUT2D eigenvalue weighted by Gasteiger charge is -2.40. The van der Waals surface area contributed by atoms with Crippen LogP contribution in [0.4, 0.5) is 5.69 Å². The number of para-hydroxylation sites is 1. The largest absolute Gasteiger partial charge is 0.350 e. The number of fused-ring (bicyclic) bond motifs is 1. The van der Waals surface area contributed by atoms with Crippen LogP contribution in [0.1, 0.15) is 44.6 Å². The van der Waals surface area contributed by atoms with E-state index < -0.39 is 6.04 Å². The third-order valence-electron chi connectivity index (χ3n) is 4.89. The fraction of sp³-hybridized carbons (Fsp3) is 0.556. The van der Waals surface area contributed by atoms with E-state index in [-0.39, 0.29) is 24.3 Å². The second-order valence-electron chi connectivity index (χ2n) is 6.49. The number of anilines is 1. The molecule has 1 aliphatic carbocycles. The SMILES string of the molecule is CCc1ccccc1NC(=O)C[C@H]1N[C@H]2CCCC[C@H]2NC1=O. The molecule has 0 bridgehead atoms. The number of carbonyl (C=O) groups excluding carboxylic acids is 2. The molecule has 0 aromatic heterocycles. The lowest BCUT2D eigenvalue weighted by Crippen LogP contribution is -2.65. The van der Waals surface area contributed by atoms with Gasteiger partial charge in [-0.25, -0.2) is 0 Å². The number of hydrogen-bond acceptors (Lipinski definition) is 3. The highest BCUT2D eigenvalue weighted by molar-refractivity contribution is 5.96. The van der Waals surface area contributed by atoms with E-state index in [0.29, 0.717) is 6.04 Å². The molecular formula is C18H25N3O2. The summed E-state index contributed by atoms with van der Waals surface area (Å²) in [5.41, 5.74) is 1.95. The number of aryl methyl sites for hydroxylation is 1. The minimum atomic E-state index is -0.428. The van der Waals surface area contributed by atoms with E-state index in [4.69, 9.17) is 0 Å². The van der Waals surface area contributed by atoms with Gasteiger partial charge in [0.2, 0.25) is 11.8 Å². The van der Waals surface area contributed by atoms with Gasteiger partial charge in [0.1, 0.15) is 0 Å². The van der Waals surface area contributed by atoms with Crippen LogP contribution >= 0.6 is 0 Å². The molecule has 23 heavy (non-hydrogen) atoms. The Balaban J connectivity index is 1.60. The van der Waals surface area contributed by atoms with Gasteiger partial charge >= 0.3 is 0 Å². The Labute approximate surface area is 137 Å². The number of amides is 2. The molecule has 3 N–H and O–H groups in total. The predicted octanol–water partition coefficient (Wildman–Crippen LogP) is 1.98. The first-order valence-electron chi connectivity index (χ1n) is 8.61. The van der Waals surface area contributed by atoms with Crippen molar-refractivity contribution < 1.29 is 9.59 Å². The molecule has 3 rings (SSSR count). The number of carbonyl (C=O) groups is 2. The molecule has 1 aromatic rings. The second kappa shape index (κ2) is 7.13. The summed E-state index contributed by atoms with van der Waals surface area (Å²) in [5, 5.41) is 9.40. The highest BCUT2D eigenvalue weighted by atomic mass is 16.2. The van der Waals surface area contributed by atoms with Gasteiger partial charge in [-0.1, -0.05) is 38.0 Å². The van der Waals surface area contributed by atoms with Crippen molar-refractivity contribution >= 4 is 17.5 Å². The summed E-state index contributed by atoms with van der Waals surface area (Å²) in [6.45, 7) is 2.06. The van der Waals surface area contributed by atoms with E-state index in [1.54, 1.807) is 0 Å². The molecule has 1 aromatic carbocycles. The molecule has 2 fully saturated rings. The second-order valence-corrected chi connectivity index (χ2v) is 6.49. The molecule has 2 aliphatic rings. The average molecular weight is 315 g/mol. The van der Waals surface area contributed by atoms with Crippen molar-refractivity contribution in [2.24, 2.45) is 0 Å². The van der Waals surface area contributed by atoms with Crippen LogP contribution in [-0.4, -0.2) is 29.9 Å². The monoisotopic (exact) mass is 315 g/mol. The summed E-state index contributed by atoms with van der Waals surface area (Å²) >= 11 is 0. The number of rotatable bonds is 4. The molecule has 0 unspecified atom stereocenters. The van der Waals surface area contributed by atoms with Crippen LogP contribution < -0.4 is 16.0 Å². The Morgan fingerprint density at radius 1 is 1.22 bits per heavy atom. The Hall–Kier alpha value is -1.88. The van der Waals surface area contributed by atoms with Crippen LogP contribution in [0.15, 0.2) is 24.3 Å². The number of benzene rings is 1. The van der Waals surface area contributed by atoms with Crippen molar-refractivity contribution in [1.82, 2.24) is 10.6 Å². The van der Waals surface area contributed by atoms with E-state index in [1.807, 2.05) is 24.3 Å². The molecule has 1 saturated carbocycles. The van der Waals surface area contributed by atoms with E-state index in [9.17, 15) is 9.59 Å². The summed E-state index contributed by atoms with van der Waals surface area (Å²) in [7, 11) is 0. The molecule has 1 heterocycles.